The molecular weight excluding hydrogens is 340 g/mol. The van der Waals surface area contributed by atoms with Crippen molar-refractivity contribution in [3.05, 3.63) is 69.8 Å². The summed E-state index contributed by atoms with van der Waals surface area (Å²) < 4.78 is 0. The van der Waals surface area contributed by atoms with Crippen LogP contribution in [0.1, 0.15) is 23.9 Å². The largest absolute Gasteiger partial charge is 0.325 e. The van der Waals surface area contributed by atoms with Gasteiger partial charge in [-0.3, -0.25) is 14.5 Å². The van der Waals surface area contributed by atoms with Crippen LogP contribution in [-0.4, -0.2) is 33.9 Å². The fourth-order valence-corrected chi connectivity index (χ4v) is 3.05. The maximum Gasteiger partial charge on any atom is 0.258 e. The number of nitrogens with one attached hydrogen (secondary N) is 2. The number of hydrogen-bond acceptors (Lipinski definition) is 4. The minimum atomic E-state index is -0.161. The van der Waals surface area contributed by atoms with Crippen molar-refractivity contribution in [3.8, 4) is 0 Å². The predicted molar refractivity (Wildman–Crippen MR) is 108 cm³/mol. The van der Waals surface area contributed by atoms with Gasteiger partial charge in [-0.1, -0.05) is 36.8 Å². The van der Waals surface area contributed by atoms with Crippen molar-refractivity contribution in [2.24, 2.45) is 0 Å². The summed E-state index contributed by atoms with van der Waals surface area (Å²) in [6.07, 6.45) is 0. The number of H-pyrrole nitrogens is 1. The van der Waals surface area contributed by atoms with Crippen LogP contribution in [0.25, 0.3) is 10.9 Å². The molecule has 0 saturated carbocycles. The number of nitrogens with zero attached hydrogens (tertiary/aromatic N) is 2. The number of amides is 1. The number of aromatic nitrogens is 2. The number of para-hydroxylation sites is 1. The Bertz CT molecular complexity index is 1030. The minimum Gasteiger partial charge on any atom is -0.325 e. The average Bonchev–Trinajstić information content (AvgIpc) is 2.63. The molecule has 2 aromatic carbocycles. The van der Waals surface area contributed by atoms with E-state index in [4.69, 9.17) is 0 Å². The average molecular weight is 364 g/mol. The molecule has 27 heavy (non-hydrogen) atoms. The summed E-state index contributed by atoms with van der Waals surface area (Å²) in [5.74, 6) is 0.465. The molecule has 3 aromatic rings. The lowest BCUT2D eigenvalue weighted by Gasteiger charge is -2.19. The van der Waals surface area contributed by atoms with Gasteiger partial charge in [0.05, 0.1) is 24.0 Å². The maximum absolute atomic E-state index is 12.4. The van der Waals surface area contributed by atoms with Crippen molar-refractivity contribution < 1.29 is 4.79 Å². The van der Waals surface area contributed by atoms with Crippen LogP contribution in [-0.2, 0) is 11.3 Å². The van der Waals surface area contributed by atoms with E-state index in [0.717, 1.165) is 16.8 Å². The Hall–Kier alpha value is -2.99. The molecule has 6 nitrogen and oxygen atoms in total. The van der Waals surface area contributed by atoms with Crippen molar-refractivity contribution in [1.82, 2.24) is 14.9 Å². The lowest BCUT2D eigenvalue weighted by atomic mass is 10.1. The first-order chi connectivity index (χ1) is 13.0. The van der Waals surface area contributed by atoms with Gasteiger partial charge in [-0.25, -0.2) is 4.98 Å². The van der Waals surface area contributed by atoms with E-state index in [0.29, 0.717) is 29.8 Å². The van der Waals surface area contributed by atoms with E-state index in [9.17, 15) is 9.59 Å². The van der Waals surface area contributed by atoms with Gasteiger partial charge in [-0.15, -0.1) is 0 Å². The molecule has 1 aromatic heterocycles. The van der Waals surface area contributed by atoms with Crippen LogP contribution in [0, 0.1) is 13.8 Å². The molecule has 1 amide bonds. The van der Waals surface area contributed by atoms with Crippen molar-refractivity contribution in [1.29, 1.82) is 0 Å². The molecule has 0 spiro atoms. The van der Waals surface area contributed by atoms with Crippen molar-refractivity contribution >= 4 is 22.5 Å². The Morgan fingerprint density at radius 1 is 1.19 bits per heavy atom. The molecule has 1 heterocycles. The van der Waals surface area contributed by atoms with Crippen LogP contribution < -0.4 is 10.9 Å². The summed E-state index contributed by atoms with van der Waals surface area (Å²) in [6, 6.07) is 13.2. The monoisotopic (exact) mass is 364 g/mol. The summed E-state index contributed by atoms with van der Waals surface area (Å²) in [5.41, 5.74) is 3.51. The summed E-state index contributed by atoms with van der Waals surface area (Å²) >= 11 is 0. The smallest absolute Gasteiger partial charge is 0.258 e. The minimum absolute atomic E-state index is 0.0908. The summed E-state index contributed by atoms with van der Waals surface area (Å²) in [4.78, 5) is 33.9. The highest BCUT2D eigenvalue weighted by Gasteiger charge is 2.13. The number of anilines is 1. The van der Waals surface area contributed by atoms with Gasteiger partial charge in [0.25, 0.3) is 5.56 Å². The van der Waals surface area contributed by atoms with Gasteiger partial charge in [-0.2, -0.15) is 0 Å². The van der Waals surface area contributed by atoms with E-state index in [1.54, 1.807) is 6.07 Å². The Labute approximate surface area is 158 Å². The fraction of sp³-hybridized carbons (Fsp3) is 0.286. The van der Waals surface area contributed by atoms with Crippen molar-refractivity contribution in [2.75, 3.05) is 18.4 Å². The topological polar surface area (TPSA) is 78.1 Å². The summed E-state index contributed by atoms with van der Waals surface area (Å²) in [7, 11) is 0. The molecule has 0 aliphatic carbocycles. The molecule has 0 aliphatic heterocycles. The van der Waals surface area contributed by atoms with E-state index >= 15 is 0 Å². The second kappa shape index (κ2) is 8.14. The normalized spacial score (nSPS) is 11.1. The van der Waals surface area contributed by atoms with Gasteiger partial charge in [-0.05, 0) is 44.2 Å². The fourth-order valence-electron chi connectivity index (χ4n) is 3.05. The first-order valence-electron chi connectivity index (χ1n) is 9.03. The third kappa shape index (κ3) is 4.60. The Kier molecular flexibility index (Phi) is 5.66. The second-order valence-electron chi connectivity index (χ2n) is 6.70. The van der Waals surface area contributed by atoms with E-state index in [1.807, 2.05) is 62.1 Å². The Morgan fingerprint density at radius 3 is 2.70 bits per heavy atom. The Balaban J connectivity index is 1.70. The van der Waals surface area contributed by atoms with Crippen LogP contribution in [0.15, 0.2) is 47.3 Å². The van der Waals surface area contributed by atoms with Crippen LogP contribution in [0.4, 0.5) is 5.69 Å². The molecule has 0 radical (unpaired) electrons. The number of carbonyl (C=O) groups is 1. The van der Waals surface area contributed by atoms with E-state index < -0.39 is 0 Å². The predicted octanol–water partition coefficient (Wildman–Crippen LogP) is 3.00. The van der Waals surface area contributed by atoms with Gasteiger partial charge in [0.15, 0.2) is 0 Å². The number of carbonyl (C=O) groups excluding carboxylic acids is 1. The van der Waals surface area contributed by atoms with Crippen molar-refractivity contribution in [3.63, 3.8) is 0 Å². The van der Waals surface area contributed by atoms with Crippen molar-refractivity contribution in [2.45, 2.75) is 27.3 Å². The quantitative estimate of drug-likeness (QED) is 0.705. The van der Waals surface area contributed by atoms with E-state index in [2.05, 4.69) is 15.3 Å². The number of benzene rings is 2. The first-order valence-corrected chi connectivity index (χ1v) is 9.03. The number of rotatable bonds is 6. The molecule has 0 fully saturated rings. The molecular formula is C21H24N4O2. The van der Waals surface area contributed by atoms with Crippen LogP contribution >= 0.6 is 0 Å². The van der Waals surface area contributed by atoms with Gasteiger partial charge in [0, 0.05) is 5.69 Å². The standard InChI is InChI=1S/C21H24N4O2/c1-4-25(13-20(26)23-17-10-9-14(2)11-15(17)3)12-19-22-18-8-6-5-7-16(18)21(27)24-19/h5-11H,4,12-13H2,1-3H3,(H,23,26)(H,22,24,27). The highest BCUT2D eigenvalue weighted by Crippen LogP contribution is 2.16. The number of aryl methyl sites for hydroxylation is 2. The van der Waals surface area contributed by atoms with Gasteiger partial charge in [0.2, 0.25) is 5.91 Å². The van der Waals surface area contributed by atoms with Crippen LogP contribution in [0.5, 0.6) is 0 Å². The SMILES string of the molecule is CCN(CC(=O)Nc1ccc(C)cc1C)Cc1nc2ccccc2c(=O)[nH]1. The summed E-state index contributed by atoms with van der Waals surface area (Å²) in [6.45, 7) is 7.26. The zero-order valence-corrected chi connectivity index (χ0v) is 15.9. The number of fused-ring (bicyclic) bond motifs is 1. The summed E-state index contributed by atoms with van der Waals surface area (Å²) in [5, 5.41) is 3.52. The second-order valence-corrected chi connectivity index (χ2v) is 6.70. The lowest BCUT2D eigenvalue weighted by molar-refractivity contribution is -0.117. The number of likely N-dealkylation sites (N-methyl/N-ethyl adjacent to an activating group) is 1. The molecule has 2 N–H and O–H groups in total. The zero-order chi connectivity index (χ0) is 19.4. The molecule has 0 bridgehead atoms. The van der Waals surface area contributed by atoms with Gasteiger partial charge < -0.3 is 10.3 Å². The lowest BCUT2D eigenvalue weighted by Crippen LogP contribution is -2.34. The van der Waals surface area contributed by atoms with E-state index in [1.165, 1.54) is 0 Å². The molecule has 3 rings (SSSR count). The maximum atomic E-state index is 12.4. The molecule has 0 aliphatic rings. The van der Waals surface area contributed by atoms with E-state index in [-0.39, 0.29) is 18.0 Å². The third-order valence-electron chi connectivity index (χ3n) is 4.51. The number of hydrogen-bond donors (Lipinski definition) is 2. The molecule has 6 heteroatoms. The molecule has 0 saturated heterocycles. The highest BCUT2D eigenvalue weighted by molar-refractivity contribution is 5.93. The Morgan fingerprint density at radius 2 is 1.96 bits per heavy atom. The van der Waals surface area contributed by atoms with Crippen LogP contribution in [0.2, 0.25) is 0 Å². The van der Waals surface area contributed by atoms with Gasteiger partial charge >= 0.3 is 0 Å². The molecule has 140 valence electrons. The third-order valence-corrected chi connectivity index (χ3v) is 4.51. The zero-order valence-electron chi connectivity index (χ0n) is 15.9. The number of aromatic amines is 1. The molecule has 0 unspecified atom stereocenters. The first kappa shape index (κ1) is 18.8. The van der Waals surface area contributed by atoms with Gasteiger partial charge in [0.1, 0.15) is 5.82 Å². The van der Waals surface area contributed by atoms with Crippen LogP contribution in [0.3, 0.4) is 0 Å². The molecule has 0 atom stereocenters. The highest BCUT2D eigenvalue weighted by atomic mass is 16.2.